The molecule has 0 spiro atoms. The van der Waals surface area contributed by atoms with Crippen LogP contribution in [0.2, 0.25) is 5.02 Å². The smallest absolute Gasteiger partial charge is 0.251 e. The van der Waals surface area contributed by atoms with E-state index in [1.807, 2.05) is 19.9 Å². The third kappa shape index (κ3) is 3.82. The number of carbonyl (C=O) groups excluding carboxylic acids is 1. The molecule has 152 valence electrons. The topological polar surface area (TPSA) is 95.2 Å². The molecular formula is C20H21ClN4O3S. The van der Waals surface area contributed by atoms with E-state index in [0.717, 1.165) is 16.6 Å². The zero-order chi connectivity index (χ0) is 20.8. The Kier molecular flexibility index (Phi) is 5.00. The van der Waals surface area contributed by atoms with Gasteiger partial charge in [0.05, 0.1) is 28.5 Å². The van der Waals surface area contributed by atoms with Crippen molar-refractivity contribution in [2.24, 2.45) is 0 Å². The summed E-state index contributed by atoms with van der Waals surface area (Å²) in [7, 11) is -3.26. The van der Waals surface area contributed by atoms with Crippen molar-refractivity contribution in [2.75, 3.05) is 16.6 Å². The van der Waals surface area contributed by atoms with Crippen LogP contribution in [0.4, 0.5) is 5.69 Å². The summed E-state index contributed by atoms with van der Waals surface area (Å²) in [6.45, 7) is 4.13. The summed E-state index contributed by atoms with van der Waals surface area (Å²) in [5, 5.41) is 3.53. The Balaban J connectivity index is 1.52. The lowest BCUT2D eigenvalue weighted by Gasteiger charge is -2.20. The largest absolute Gasteiger partial charge is 0.342 e. The van der Waals surface area contributed by atoms with Crippen LogP contribution in [-0.4, -0.2) is 36.6 Å². The first kappa shape index (κ1) is 19.7. The van der Waals surface area contributed by atoms with Gasteiger partial charge in [-0.05, 0) is 62.2 Å². The minimum Gasteiger partial charge on any atom is -0.342 e. The van der Waals surface area contributed by atoms with Crippen molar-refractivity contribution in [3.63, 3.8) is 0 Å². The molecule has 29 heavy (non-hydrogen) atoms. The van der Waals surface area contributed by atoms with E-state index >= 15 is 0 Å². The molecule has 0 saturated carbocycles. The van der Waals surface area contributed by atoms with Crippen LogP contribution in [0, 0.1) is 6.92 Å². The fourth-order valence-corrected chi connectivity index (χ4v) is 5.34. The Morgan fingerprint density at radius 3 is 2.76 bits per heavy atom. The molecule has 7 nitrogen and oxygen atoms in total. The Morgan fingerprint density at radius 2 is 2.07 bits per heavy atom. The average molecular weight is 433 g/mol. The SMILES string of the molecule is Cc1cc(C(=O)N[C@@H](C)c2nc3ccc(Cl)cc3[nH]2)ccc1N1CCCS1(=O)=O. The van der Waals surface area contributed by atoms with E-state index in [1.165, 1.54) is 4.31 Å². The Bertz CT molecular complexity index is 1210. The lowest BCUT2D eigenvalue weighted by atomic mass is 10.1. The first-order chi connectivity index (χ1) is 13.7. The van der Waals surface area contributed by atoms with Gasteiger partial charge in [0.15, 0.2) is 0 Å². The molecule has 1 fully saturated rings. The van der Waals surface area contributed by atoms with Gasteiger partial charge in [-0.2, -0.15) is 0 Å². The van der Waals surface area contributed by atoms with Crippen LogP contribution < -0.4 is 9.62 Å². The van der Waals surface area contributed by atoms with Gasteiger partial charge >= 0.3 is 0 Å². The van der Waals surface area contributed by atoms with Crippen LogP contribution in [0.5, 0.6) is 0 Å². The summed E-state index contributed by atoms with van der Waals surface area (Å²) >= 11 is 6.01. The molecule has 9 heteroatoms. The van der Waals surface area contributed by atoms with E-state index in [4.69, 9.17) is 11.6 Å². The summed E-state index contributed by atoms with van der Waals surface area (Å²) in [5.41, 5.74) is 3.42. The van der Waals surface area contributed by atoms with Crippen molar-refractivity contribution in [3.8, 4) is 0 Å². The maximum atomic E-state index is 12.7. The minimum atomic E-state index is -3.26. The number of anilines is 1. The summed E-state index contributed by atoms with van der Waals surface area (Å²) in [6.07, 6.45) is 0.615. The second-order valence-corrected chi connectivity index (χ2v) is 9.67. The molecule has 1 atom stereocenters. The number of imidazole rings is 1. The number of hydrogen-bond donors (Lipinski definition) is 2. The molecule has 0 aliphatic carbocycles. The number of rotatable bonds is 4. The molecule has 1 aliphatic heterocycles. The number of benzene rings is 2. The molecule has 1 aliphatic rings. The maximum absolute atomic E-state index is 12.7. The molecule has 2 heterocycles. The zero-order valence-corrected chi connectivity index (χ0v) is 17.6. The van der Waals surface area contributed by atoms with Crippen molar-refractivity contribution in [1.82, 2.24) is 15.3 Å². The lowest BCUT2D eigenvalue weighted by molar-refractivity contribution is 0.0938. The number of nitrogens with zero attached hydrogens (tertiary/aromatic N) is 2. The number of halogens is 1. The highest BCUT2D eigenvalue weighted by Crippen LogP contribution is 2.28. The van der Waals surface area contributed by atoms with Crippen molar-refractivity contribution in [3.05, 3.63) is 58.4 Å². The number of aromatic nitrogens is 2. The molecular weight excluding hydrogens is 412 g/mol. The van der Waals surface area contributed by atoms with Crippen LogP contribution in [0.15, 0.2) is 36.4 Å². The van der Waals surface area contributed by atoms with E-state index in [1.54, 1.807) is 30.3 Å². The van der Waals surface area contributed by atoms with Gasteiger partial charge in [0.1, 0.15) is 5.82 Å². The molecule has 0 unspecified atom stereocenters. The van der Waals surface area contributed by atoms with Gasteiger partial charge < -0.3 is 10.3 Å². The van der Waals surface area contributed by atoms with Gasteiger partial charge in [0, 0.05) is 17.1 Å². The molecule has 0 radical (unpaired) electrons. The van der Waals surface area contributed by atoms with E-state index in [0.29, 0.717) is 35.1 Å². The monoisotopic (exact) mass is 432 g/mol. The number of amides is 1. The summed E-state index contributed by atoms with van der Waals surface area (Å²) in [5.74, 6) is 0.538. The molecule has 3 aromatic rings. The molecule has 4 rings (SSSR count). The number of aromatic amines is 1. The van der Waals surface area contributed by atoms with Gasteiger partial charge in [-0.1, -0.05) is 11.6 Å². The summed E-state index contributed by atoms with van der Waals surface area (Å²) in [6, 6.07) is 10.1. The predicted octanol–water partition coefficient (Wildman–Crippen LogP) is 3.56. The normalized spacial score (nSPS) is 16.9. The van der Waals surface area contributed by atoms with Crippen LogP contribution in [0.3, 0.4) is 0 Å². The average Bonchev–Trinajstić information content (AvgIpc) is 3.23. The lowest BCUT2D eigenvalue weighted by Crippen LogP contribution is -2.28. The Morgan fingerprint density at radius 1 is 1.28 bits per heavy atom. The standard InChI is InChI=1S/C20H21ClN4O3S/c1-12-10-14(4-7-18(12)25-8-3-9-29(25,27)28)20(26)22-13(2)19-23-16-6-5-15(21)11-17(16)24-19/h4-7,10-11,13H,3,8-9H2,1-2H3,(H,22,26)(H,23,24)/t13-/m0/s1. The number of hydrogen-bond acceptors (Lipinski definition) is 4. The van der Waals surface area contributed by atoms with Gasteiger partial charge in [-0.15, -0.1) is 0 Å². The number of nitrogens with one attached hydrogen (secondary N) is 2. The molecule has 2 N–H and O–H groups in total. The first-order valence-electron chi connectivity index (χ1n) is 9.32. The Labute approximate surface area is 174 Å². The van der Waals surface area contributed by atoms with Crippen LogP contribution in [0.25, 0.3) is 11.0 Å². The molecule has 1 saturated heterocycles. The molecule has 1 aromatic heterocycles. The van der Waals surface area contributed by atoms with Crippen molar-refractivity contribution in [1.29, 1.82) is 0 Å². The van der Waals surface area contributed by atoms with E-state index in [-0.39, 0.29) is 17.7 Å². The van der Waals surface area contributed by atoms with Crippen LogP contribution >= 0.6 is 11.6 Å². The Hall–Kier alpha value is -2.58. The highest BCUT2D eigenvalue weighted by Gasteiger charge is 2.29. The van der Waals surface area contributed by atoms with Crippen molar-refractivity contribution < 1.29 is 13.2 Å². The summed E-state index contributed by atoms with van der Waals surface area (Å²) in [4.78, 5) is 20.4. The van der Waals surface area contributed by atoms with Crippen LogP contribution in [0.1, 0.15) is 41.1 Å². The third-order valence-electron chi connectivity index (χ3n) is 5.05. The van der Waals surface area contributed by atoms with E-state index in [2.05, 4.69) is 15.3 Å². The number of H-pyrrole nitrogens is 1. The second kappa shape index (κ2) is 7.35. The number of sulfonamides is 1. The molecule has 1 amide bonds. The highest BCUT2D eigenvalue weighted by molar-refractivity contribution is 7.93. The van der Waals surface area contributed by atoms with Gasteiger partial charge in [-0.25, -0.2) is 13.4 Å². The number of carbonyl (C=O) groups is 1. The summed E-state index contributed by atoms with van der Waals surface area (Å²) < 4.78 is 25.7. The maximum Gasteiger partial charge on any atom is 0.251 e. The minimum absolute atomic E-state index is 0.162. The number of fused-ring (bicyclic) bond motifs is 1. The van der Waals surface area contributed by atoms with Gasteiger partial charge in [0.25, 0.3) is 5.91 Å². The van der Waals surface area contributed by atoms with Crippen molar-refractivity contribution >= 4 is 44.3 Å². The zero-order valence-electron chi connectivity index (χ0n) is 16.1. The second-order valence-electron chi connectivity index (χ2n) is 7.22. The van der Waals surface area contributed by atoms with Gasteiger partial charge in [-0.3, -0.25) is 9.10 Å². The van der Waals surface area contributed by atoms with Gasteiger partial charge in [0.2, 0.25) is 10.0 Å². The quantitative estimate of drug-likeness (QED) is 0.659. The molecule has 2 aromatic carbocycles. The third-order valence-corrected chi connectivity index (χ3v) is 7.14. The predicted molar refractivity (Wildman–Crippen MR) is 114 cm³/mol. The molecule has 0 bridgehead atoms. The van der Waals surface area contributed by atoms with Crippen molar-refractivity contribution in [2.45, 2.75) is 26.3 Å². The fourth-order valence-electron chi connectivity index (χ4n) is 3.54. The van der Waals surface area contributed by atoms with E-state index in [9.17, 15) is 13.2 Å². The van der Waals surface area contributed by atoms with E-state index < -0.39 is 10.0 Å². The highest BCUT2D eigenvalue weighted by atomic mass is 35.5. The first-order valence-corrected chi connectivity index (χ1v) is 11.3. The fraction of sp³-hybridized carbons (Fsp3) is 0.300. The van der Waals surface area contributed by atoms with Crippen LogP contribution in [-0.2, 0) is 10.0 Å². The number of aryl methyl sites for hydroxylation is 1.